The number of carboxylic acids is 1. The maximum absolute atomic E-state index is 13.1. The van der Waals surface area contributed by atoms with Gasteiger partial charge in [-0.3, -0.25) is 10.2 Å². The van der Waals surface area contributed by atoms with Crippen LogP contribution in [0.1, 0.15) is 0 Å². The average Bonchev–Trinajstić information content (AvgIpc) is 2.59. The Kier molecular flexibility index (Phi) is 1.42. The van der Waals surface area contributed by atoms with Crippen LogP contribution < -0.4 is 11.1 Å². The lowest BCUT2D eigenvalue weighted by atomic mass is 9.97. The van der Waals surface area contributed by atoms with Crippen LogP contribution >= 0.6 is 0 Å². The van der Waals surface area contributed by atoms with Crippen molar-refractivity contribution >= 4 is 5.97 Å². The lowest BCUT2D eigenvalue weighted by Crippen LogP contribution is -2.64. The Morgan fingerprint density at radius 3 is 2.58 bits per heavy atom. The van der Waals surface area contributed by atoms with Crippen molar-refractivity contribution in [3.63, 3.8) is 0 Å². The standard InChI is InChI=1S/C6H10FN3O2/c7-6(5(11)12)1-10(2-6)4-3(8)9-4/h3-4,9H,1-2,8H2,(H,11,12). The molecule has 12 heavy (non-hydrogen) atoms. The summed E-state index contributed by atoms with van der Waals surface area (Å²) >= 11 is 0. The Hall–Kier alpha value is -0.720. The first-order chi connectivity index (χ1) is 5.53. The summed E-state index contributed by atoms with van der Waals surface area (Å²) in [5.74, 6) is -1.38. The number of aliphatic carboxylic acids is 1. The second-order valence-electron chi connectivity index (χ2n) is 3.31. The van der Waals surface area contributed by atoms with Gasteiger partial charge >= 0.3 is 5.97 Å². The monoisotopic (exact) mass is 175 g/mol. The van der Waals surface area contributed by atoms with Gasteiger partial charge in [0.15, 0.2) is 0 Å². The highest BCUT2D eigenvalue weighted by Gasteiger charge is 2.56. The molecule has 4 N–H and O–H groups in total. The third-order valence-electron chi connectivity index (χ3n) is 2.28. The molecule has 0 bridgehead atoms. The van der Waals surface area contributed by atoms with Crippen LogP contribution in [0.4, 0.5) is 4.39 Å². The van der Waals surface area contributed by atoms with E-state index < -0.39 is 11.6 Å². The van der Waals surface area contributed by atoms with Gasteiger partial charge in [-0.05, 0) is 0 Å². The van der Waals surface area contributed by atoms with E-state index in [2.05, 4.69) is 5.32 Å². The molecule has 0 amide bonds. The molecule has 2 aliphatic heterocycles. The molecule has 2 fully saturated rings. The Morgan fingerprint density at radius 1 is 1.75 bits per heavy atom. The third-order valence-corrected chi connectivity index (χ3v) is 2.28. The van der Waals surface area contributed by atoms with E-state index in [0.717, 1.165) is 0 Å². The zero-order chi connectivity index (χ0) is 8.93. The summed E-state index contributed by atoms with van der Waals surface area (Å²) in [6.07, 6.45) is -0.142. The van der Waals surface area contributed by atoms with Crippen LogP contribution in [0.3, 0.4) is 0 Å². The van der Waals surface area contributed by atoms with Crippen molar-refractivity contribution in [3.05, 3.63) is 0 Å². The number of nitrogens with zero attached hydrogens (tertiary/aromatic N) is 1. The Balaban J connectivity index is 1.87. The SMILES string of the molecule is NC1NC1N1CC(F)(C(=O)O)C1. The number of nitrogens with two attached hydrogens (primary N) is 1. The van der Waals surface area contributed by atoms with Gasteiger partial charge in [0.05, 0.1) is 12.3 Å². The summed E-state index contributed by atoms with van der Waals surface area (Å²) in [5, 5.41) is 11.3. The summed E-state index contributed by atoms with van der Waals surface area (Å²) in [6.45, 7) is -0.124. The van der Waals surface area contributed by atoms with E-state index in [1.807, 2.05) is 0 Å². The van der Waals surface area contributed by atoms with Gasteiger partial charge in [-0.25, -0.2) is 9.18 Å². The van der Waals surface area contributed by atoms with E-state index in [4.69, 9.17) is 10.8 Å². The average molecular weight is 175 g/mol. The molecule has 0 aromatic heterocycles. The number of rotatable bonds is 2. The predicted molar refractivity (Wildman–Crippen MR) is 37.9 cm³/mol. The highest BCUT2D eigenvalue weighted by Crippen LogP contribution is 2.30. The lowest BCUT2D eigenvalue weighted by Gasteiger charge is -2.40. The first-order valence-electron chi connectivity index (χ1n) is 3.71. The Morgan fingerprint density at radius 2 is 2.25 bits per heavy atom. The Bertz CT molecular complexity index is 229. The molecule has 0 saturated carbocycles. The molecule has 0 aromatic carbocycles. The van der Waals surface area contributed by atoms with Gasteiger partial charge in [-0.2, -0.15) is 0 Å². The first-order valence-corrected chi connectivity index (χ1v) is 3.71. The number of carbonyl (C=O) groups is 1. The normalized spacial score (nSPS) is 38.8. The fourth-order valence-corrected chi connectivity index (χ4v) is 1.40. The summed E-state index contributed by atoms with van der Waals surface area (Å²) in [7, 11) is 0. The second kappa shape index (κ2) is 2.15. The number of carboxylic acid groups (broad SMARTS) is 1. The molecular weight excluding hydrogens is 165 g/mol. The molecule has 2 heterocycles. The summed E-state index contributed by atoms with van der Waals surface area (Å²) in [6, 6.07) is 0. The van der Waals surface area contributed by atoms with Crippen molar-refractivity contribution < 1.29 is 14.3 Å². The van der Waals surface area contributed by atoms with E-state index in [-0.39, 0.29) is 25.4 Å². The molecule has 0 aliphatic carbocycles. The van der Waals surface area contributed by atoms with Crippen LogP contribution in [0.2, 0.25) is 0 Å². The van der Waals surface area contributed by atoms with Gasteiger partial charge in [0.25, 0.3) is 0 Å². The fourth-order valence-electron chi connectivity index (χ4n) is 1.40. The number of halogens is 1. The molecule has 68 valence electrons. The van der Waals surface area contributed by atoms with Crippen molar-refractivity contribution in [3.8, 4) is 0 Å². The van der Waals surface area contributed by atoms with Gasteiger partial charge in [-0.15, -0.1) is 0 Å². The second-order valence-corrected chi connectivity index (χ2v) is 3.31. The molecule has 0 radical (unpaired) electrons. The van der Waals surface area contributed by atoms with E-state index in [9.17, 15) is 9.18 Å². The van der Waals surface area contributed by atoms with Crippen LogP contribution in [-0.2, 0) is 4.79 Å². The minimum Gasteiger partial charge on any atom is -0.479 e. The lowest BCUT2D eigenvalue weighted by molar-refractivity contribution is -0.164. The summed E-state index contributed by atoms with van der Waals surface area (Å²) in [5.41, 5.74) is 3.37. The quantitative estimate of drug-likeness (QED) is 0.436. The zero-order valence-electron chi connectivity index (χ0n) is 6.33. The molecule has 2 unspecified atom stereocenters. The summed E-state index contributed by atoms with van der Waals surface area (Å²) < 4.78 is 13.1. The van der Waals surface area contributed by atoms with Crippen LogP contribution in [0.5, 0.6) is 0 Å². The third kappa shape index (κ3) is 0.996. The number of hydrogen-bond acceptors (Lipinski definition) is 4. The number of likely N-dealkylation sites (tertiary alicyclic amines) is 1. The first kappa shape index (κ1) is 7.90. The Labute approximate surface area is 68.3 Å². The van der Waals surface area contributed by atoms with Gasteiger partial charge in [-0.1, -0.05) is 0 Å². The molecule has 2 atom stereocenters. The van der Waals surface area contributed by atoms with Gasteiger partial charge < -0.3 is 10.8 Å². The number of alkyl halides is 1. The van der Waals surface area contributed by atoms with Crippen LogP contribution in [0.25, 0.3) is 0 Å². The zero-order valence-corrected chi connectivity index (χ0v) is 6.33. The van der Waals surface area contributed by atoms with Crippen molar-refractivity contribution in [1.82, 2.24) is 10.2 Å². The van der Waals surface area contributed by atoms with Gasteiger partial charge in [0.1, 0.15) is 0 Å². The smallest absolute Gasteiger partial charge is 0.344 e. The van der Waals surface area contributed by atoms with E-state index >= 15 is 0 Å². The minimum atomic E-state index is -2.05. The summed E-state index contributed by atoms with van der Waals surface area (Å²) in [4.78, 5) is 12.0. The van der Waals surface area contributed by atoms with Crippen LogP contribution in [-0.4, -0.2) is 47.1 Å². The molecule has 2 aliphatic rings. The highest BCUT2D eigenvalue weighted by atomic mass is 19.1. The molecule has 2 saturated heterocycles. The van der Waals surface area contributed by atoms with E-state index in [1.54, 1.807) is 4.90 Å². The predicted octanol–water partition coefficient (Wildman–Crippen LogP) is -1.69. The van der Waals surface area contributed by atoms with E-state index in [1.165, 1.54) is 0 Å². The number of nitrogens with one attached hydrogen (secondary N) is 1. The topological polar surface area (TPSA) is 88.5 Å². The maximum Gasteiger partial charge on any atom is 0.344 e. The molecule has 0 spiro atoms. The van der Waals surface area contributed by atoms with Crippen molar-refractivity contribution in [2.24, 2.45) is 5.73 Å². The molecule has 2 rings (SSSR count). The maximum atomic E-state index is 13.1. The van der Waals surface area contributed by atoms with Crippen molar-refractivity contribution in [2.45, 2.75) is 18.0 Å². The molecule has 6 heteroatoms. The molecule has 5 nitrogen and oxygen atoms in total. The van der Waals surface area contributed by atoms with Gasteiger partial charge in [0, 0.05) is 13.1 Å². The minimum absolute atomic E-state index is 0.0202. The van der Waals surface area contributed by atoms with Crippen LogP contribution in [0.15, 0.2) is 0 Å². The molecule has 0 aromatic rings. The van der Waals surface area contributed by atoms with Gasteiger partial charge in [0.2, 0.25) is 5.67 Å². The largest absolute Gasteiger partial charge is 0.479 e. The van der Waals surface area contributed by atoms with Crippen molar-refractivity contribution in [1.29, 1.82) is 0 Å². The van der Waals surface area contributed by atoms with Crippen LogP contribution in [0, 0.1) is 0 Å². The van der Waals surface area contributed by atoms with E-state index in [0.29, 0.717) is 0 Å². The molecular formula is C6H10FN3O2. The van der Waals surface area contributed by atoms with Crippen molar-refractivity contribution in [2.75, 3.05) is 13.1 Å². The number of hydrogen-bond donors (Lipinski definition) is 3. The highest BCUT2D eigenvalue weighted by molar-refractivity contribution is 5.79. The fraction of sp³-hybridized carbons (Fsp3) is 0.833.